The summed E-state index contributed by atoms with van der Waals surface area (Å²) >= 11 is 0. The van der Waals surface area contributed by atoms with Crippen molar-refractivity contribution < 1.29 is 0 Å². The van der Waals surface area contributed by atoms with Crippen LogP contribution in [0.5, 0.6) is 0 Å². The molecule has 3 atom stereocenters. The third-order valence-electron chi connectivity index (χ3n) is 5.09. The molecule has 2 fully saturated rings. The molecule has 19 heavy (non-hydrogen) atoms. The van der Waals surface area contributed by atoms with Crippen LogP contribution in [0, 0.1) is 5.92 Å². The molecule has 0 spiro atoms. The van der Waals surface area contributed by atoms with Gasteiger partial charge in [0, 0.05) is 24.3 Å². The minimum atomic E-state index is 0.189. The highest BCUT2D eigenvalue weighted by Gasteiger charge is 2.34. The molecule has 1 saturated carbocycles. The van der Waals surface area contributed by atoms with Gasteiger partial charge in [-0.25, -0.2) is 0 Å². The number of fused-ring (bicyclic) bond motifs is 1. The van der Waals surface area contributed by atoms with Crippen LogP contribution in [0.25, 0.3) is 0 Å². The van der Waals surface area contributed by atoms with E-state index in [2.05, 4.69) is 36.1 Å². The zero-order valence-corrected chi connectivity index (χ0v) is 12.0. The third kappa shape index (κ3) is 2.51. The molecular formula is C17H26N2. The minimum absolute atomic E-state index is 0.189. The van der Waals surface area contributed by atoms with Crippen LogP contribution in [0.15, 0.2) is 24.3 Å². The maximum atomic E-state index is 6.09. The average molecular weight is 258 g/mol. The minimum Gasteiger partial charge on any atom is -0.368 e. The van der Waals surface area contributed by atoms with Crippen molar-refractivity contribution in [2.45, 2.75) is 57.5 Å². The molecule has 2 N–H and O–H groups in total. The monoisotopic (exact) mass is 258 g/mol. The van der Waals surface area contributed by atoms with E-state index in [0.29, 0.717) is 0 Å². The average Bonchev–Trinajstić information content (AvgIpc) is 2.95. The Bertz CT molecular complexity index is 412. The molecule has 2 heteroatoms. The van der Waals surface area contributed by atoms with E-state index >= 15 is 0 Å². The molecular weight excluding hydrogens is 232 g/mol. The smallest absolute Gasteiger partial charge is 0.0369 e. The highest BCUT2D eigenvalue weighted by Crippen LogP contribution is 2.39. The lowest BCUT2D eigenvalue weighted by atomic mass is 9.91. The molecule has 0 aromatic heterocycles. The van der Waals surface area contributed by atoms with Crippen LogP contribution in [0.3, 0.4) is 0 Å². The Morgan fingerprint density at radius 3 is 2.63 bits per heavy atom. The predicted octanol–water partition coefficient (Wildman–Crippen LogP) is 3.87. The molecule has 2 aliphatic rings. The van der Waals surface area contributed by atoms with Crippen LogP contribution in [0.1, 0.15) is 57.1 Å². The number of benzene rings is 1. The molecule has 1 aromatic rings. The highest BCUT2D eigenvalue weighted by atomic mass is 15.2. The van der Waals surface area contributed by atoms with Crippen LogP contribution < -0.4 is 10.6 Å². The molecule has 0 amide bonds. The Labute approximate surface area is 117 Å². The van der Waals surface area contributed by atoms with Crippen molar-refractivity contribution in [1.29, 1.82) is 0 Å². The van der Waals surface area contributed by atoms with E-state index in [1.54, 1.807) is 0 Å². The van der Waals surface area contributed by atoms with E-state index in [4.69, 9.17) is 5.73 Å². The topological polar surface area (TPSA) is 29.3 Å². The van der Waals surface area contributed by atoms with E-state index < -0.39 is 0 Å². The molecule has 1 aliphatic heterocycles. The number of piperidine rings is 1. The van der Waals surface area contributed by atoms with Gasteiger partial charge in [-0.3, -0.25) is 0 Å². The summed E-state index contributed by atoms with van der Waals surface area (Å²) in [5, 5.41) is 0. The summed E-state index contributed by atoms with van der Waals surface area (Å²) in [6.45, 7) is 3.38. The maximum Gasteiger partial charge on any atom is 0.0369 e. The van der Waals surface area contributed by atoms with Crippen LogP contribution in [0.2, 0.25) is 0 Å². The number of nitrogens with zero attached hydrogens (tertiary/aromatic N) is 1. The number of rotatable bonds is 3. The number of nitrogens with two attached hydrogens (primary N) is 1. The lowest BCUT2D eigenvalue weighted by molar-refractivity contribution is 0.362. The lowest BCUT2D eigenvalue weighted by Gasteiger charge is -2.39. The standard InChI is InChI=1S/C17H26N2/c1-2-16(18)13-8-10-15(11-9-13)19-12-4-6-14-5-3-7-17(14)19/h8-11,14,16-17H,2-7,12,18H2,1H3. The first-order valence-electron chi connectivity index (χ1n) is 7.91. The zero-order valence-electron chi connectivity index (χ0n) is 12.0. The van der Waals surface area contributed by atoms with Gasteiger partial charge in [0.05, 0.1) is 0 Å². The Kier molecular flexibility index (Phi) is 3.79. The Balaban J connectivity index is 1.77. The summed E-state index contributed by atoms with van der Waals surface area (Å²) in [5.74, 6) is 0.950. The lowest BCUT2D eigenvalue weighted by Crippen LogP contribution is -2.42. The zero-order chi connectivity index (χ0) is 13.2. The Hall–Kier alpha value is -1.02. The molecule has 1 heterocycles. The SMILES string of the molecule is CCC(N)c1ccc(N2CCCC3CCCC32)cc1. The van der Waals surface area contributed by atoms with Gasteiger partial charge in [0.15, 0.2) is 0 Å². The molecule has 2 nitrogen and oxygen atoms in total. The quantitative estimate of drug-likeness (QED) is 0.892. The van der Waals surface area contributed by atoms with Crippen molar-refractivity contribution in [2.75, 3.05) is 11.4 Å². The van der Waals surface area contributed by atoms with E-state index in [1.165, 1.54) is 49.9 Å². The largest absolute Gasteiger partial charge is 0.368 e. The van der Waals surface area contributed by atoms with Gasteiger partial charge in [-0.15, -0.1) is 0 Å². The van der Waals surface area contributed by atoms with Gasteiger partial charge in [0.1, 0.15) is 0 Å². The first-order chi connectivity index (χ1) is 9.29. The number of hydrogen-bond acceptors (Lipinski definition) is 2. The van der Waals surface area contributed by atoms with Gasteiger partial charge in [0.25, 0.3) is 0 Å². The summed E-state index contributed by atoms with van der Waals surface area (Å²) in [6.07, 6.45) is 8.07. The first kappa shape index (κ1) is 13.0. The molecule has 3 rings (SSSR count). The van der Waals surface area contributed by atoms with Crippen molar-refractivity contribution in [1.82, 2.24) is 0 Å². The summed E-state index contributed by atoms with van der Waals surface area (Å²) in [4.78, 5) is 2.66. The van der Waals surface area contributed by atoms with E-state index in [9.17, 15) is 0 Å². The Morgan fingerprint density at radius 2 is 1.89 bits per heavy atom. The first-order valence-corrected chi connectivity index (χ1v) is 7.91. The predicted molar refractivity (Wildman–Crippen MR) is 81.4 cm³/mol. The fourth-order valence-electron chi connectivity index (χ4n) is 3.92. The van der Waals surface area contributed by atoms with E-state index in [1.807, 2.05) is 0 Å². The molecule has 1 saturated heterocycles. The summed E-state index contributed by atoms with van der Waals surface area (Å²) in [6, 6.07) is 10.0. The molecule has 0 radical (unpaired) electrons. The van der Waals surface area contributed by atoms with Gasteiger partial charge >= 0.3 is 0 Å². The number of hydrogen-bond donors (Lipinski definition) is 1. The molecule has 1 aliphatic carbocycles. The maximum absolute atomic E-state index is 6.09. The molecule has 3 unspecified atom stereocenters. The third-order valence-corrected chi connectivity index (χ3v) is 5.09. The van der Waals surface area contributed by atoms with Gasteiger partial charge in [-0.05, 0) is 55.7 Å². The van der Waals surface area contributed by atoms with Crippen LogP contribution >= 0.6 is 0 Å². The fraction of sp³-hybridized carbons (Fsp3) is 0.647. The second-order valence-electron chi connectivity index (χ2n) is 6.20. The van der Waals surface area contributed by atoms with Gasteiger partial charge < -0.3 is 10.6 Å². The van der Waals surface area contributed by atoms with E-state index in [0.717, 1.165) is 18.4 Å². The summed E-state index contributed by atoms with van der Waals surface area (Å²) in [5.41, 5.74) is 8.77. The number of anilines is 1. The van der Waals surface area contributed by atoms with E-state index in [-0.39, 0.29) is 6.04 Å². The van der Waals surface area contributed by atoms with Crippen molar-refractivity contribution >= 4 is 5.69 Å². The molecule has 0 bridgehead atoms. The van der Waals surface area contributed by atoms with Crippen molar-refractivity contribution in [2.24, 2.45) is 11.7 Å². The van der Waals surface area contributed by atoms with Crippen LogP contribution in [-0.4, -0.2) is 12.6 Å². The summed E-state index contributed by atoms with van der Waals surface area (Å²) < 4.78 is 0. The second-order valence-corrected chi connectivity index (χ2v) is 6.20. The fourth-order valence-corrected chi connectivity index (χ4v) is 3.92. The second kappa shape index (κ2) is 5.54. The highest BCUT2D eigenvalue weighted by molar-refractivity contribution is 5.49. The van der Waals surface area contributed by atoms with Gasteiger partial charge in [-0.1, -0.05) is 25.5 Å². The normalized spacial score (nSPS) is 28.2. The van der Waals surface area contributed by atoms with Crippen molar-refractivity contribution in [3.8, 4) is 0 Å². The Morgan fingerprint density at radius 1 is 1.16 bits per heavy atom. The van der Waals surface area contributed by atoms with Crippen molar-refractivity contribution in [3.63, 3.8) is 0 Å². The van der Waals surface area contributed by atoms with Gasteiger partial charge in [-0.2, -0.15) is 0 Å². The molecule has 104 valence electrons. The van der Waals surface area contributed by atoms with Crippen LogP contribution in [0.4, 0.5) is 5.69 Å². The van der Waals surface area contributed by atoms with Crippen LogP contribution in [-0.2, 0) is 0 Å². The molecule has 1 aromatic carbocycles. The summed E-state index contributed by atoms with van der Waals surface area (Å²) in [7, 11) is 0. The van der Waals surface area contributed by atoms with Crippen molar-refractivity contribution in [3.05, 3.63) is 29.8 Å². The van der Waals surface area contributed by atoms with Gasteiger partial charge in [0.2, 0.25) is 0 Å².